The molecule has 0 aliphatic carbocycles. The van der Waals surface area contributed by atoms with Crippen molar-refractivity contribution in [3.63, 3.8) is 0 Å². The Hall–Kier alpha value is -1.43. The van der Waals surface area contributed by atoms with Crippen LogP contribution in [0.15, 0.2) is 6.07 Å². The minimum absolute atomic E-state index is 0.0545. The zero-order valence-electron chi connectivity index (χ0n) is 6.70. The summed E-state index contributed by atoms with van der Waals surface area (Å²) in [7, 11) is 1.82. The first kappa shape index (κ1) is 8.66. The standard InChI is InChI=1S/C6H10N4O2/c1-7-3-2-5-4-6(9-8-5)10(11)12/h4,7H,2-3H2,1H3,(H,8,9). The number of nitrogens with one attached hydrogen (secondary N) is 2. The van der Waals surface area contributed by atoms with Gasteiger partial charge in [-0.1, -0.05) is 5.10 Å². The smallest absolute Gasteiger partial charge is 0.342 e. The number of aromatic nitrogens is 2. The normalized spacial score (nSPS) is 10.1. The van der Waals surface area contributed by atoms with Crippen LogP contribution in [0.1, 0.15) is 5.69 Å². The molecule has 0 radical (unpaired) electrons. The van der Waals surface area contributed by atoms with E-state index in [0.717, 1.165) is 6.54 Å². The molecule has 0 amide bonds. The van der Waals surface area contributed by atoms with Crippen LogP contribution in [0, 0.1) is 10.1 Å². The molecule has 1 rings (SSSR count). The van der Waals surface area contributed by atoms with Gasteiger partial charge in [0.05, 0.1) is 11.8 Å². The van der Waals surface area contributed by atoms with Crippen LogP contribution in [-0.2, 0) is 6.42 Å². The first-order valence-electron chi connectivity index (χ1n) is 3.57. The maximum Gasteiger partial charge on any atom is 0.342 e. The lowest BCUT2D eigenvalue weighted by Gasteiger charge is -1.90. The van der Waals surface area contributed by atoms with Crippen molar-refractivity contribution in [1.29, 1.82) is 0 Å². The third-order valence-corrected chi connectivity index (χ3v) is 1.45. The van der Waals surface area contributed by atoms with Crippen molar-refractivity contribution in [2.75, 3.05) is 13.6 Å². The van der Waals surface area contributed by atoms with E-state index in [1.807, 2.05) is 7.05 Å². The zero-order valence-corrected chi connectivity index (χ0v) is 6.70. The molecule has 0 aromatic carbocycles. The van der Waals surface area contributed by atoms with Crippen molar-refractivity contribution < 1.29 is 4.92 Å². The summed E-state index contributed by atoms with van der Waals surface area (Å²) in [5.74, 6) is -0.0545. The van der Waals surface area contributed by atoms with Crippen LogP contribution in [0.3, 0.4) is 0 Å². The van der Waals surface area contributed by atoms with Crippen LogP contribution < -0.4 is 5.32 Å². The van der Waals surface area contributed by atoms with Gasteiger partial charge in [-0.05, 0) is 12.0 Å². The lowest BCUT2D eigenvalue weighted by atomic mass is 10.3. The van der Waals surface area contributed by atoms with Crippen LogP contribution >= 0.6 is 0 Å². The summed E-state index contributed by atoms with van der Waals surface area (Å²) < 4.78 is 0. The molecule has 0 saturated carbocycles. The number of rotatable bonds is 4. The molecule has 66 valence electrons. The number of likely N-dealkylation sites (N-methyl/N-ethyl adjacent to an activating group) is 1. The number of nitrogens with zero attached hydrogens (tertiary/aromatic N) is 2. The van der Waals surface area contributed by atoms with Crippen molar-refractivity contribution >= 4 is 5.82 Å². The lowest BCUT2D eigenvalue weighted by Crippen LogP contribution is -2.10. The molecule has 2 N–H and O–H groups in total. The van der Waals surface area contributed by atoms with Crippen LogP contribution in [0.5, 0.6) is 0 Å². The third kappa shape index (κ3) is 2.03. The molecule has 0 atom stereocenters. The van der Waals surface area contributed by atoms with Crippen molar-refractivity contribution in [3.8, 4) is 0 Å². The van der Waals surface area contributed by atoms with Crippen LogP contribution in [0.2, 0.25) is 0 Å². The van der Waals surface area contributed by atoms with Gasteiger partial charge in [-0.15, -0.1) is 5.10 Å². The fourth-order valence-corrected chi connectivity index (χ4v) is 0.826. The topological polar surface area (TPSA) is 83.9 Å². The average Bonchev–Trinajstić information content (AvgIpc) is 2.48. The maximum atomic E-state index is 10.2. The van der Waals surface area contributed by atoms with Crippen LogP contribution in [-0.4, -0.2) is 28.7 Å². The largest absolute Gasteiger partial charge is 0.358 e. The van der Waals surface area contributed by atoms with E-state index in [0.29, 0.717) is 12.1 Å². The van der Waals surface area contributed by atoms with Gasteiger partial charge in [0.2, 0.25) is 0 Å². The summed E-state index contributed by atoms with van der Waals surface area (Å²) in [6, 6.07) is 1.44. The Kier molecular flexibility index (Phi) is 2.76. The highest BCUT2D eigenvalue weighted by atomic mass is 16.6. The van der Waals surface area contributed by atoms with Gasteiger partial charge in [0.25, 0.3) is 0 Å². The number of H-pyrrole nitrogens is 1. The Morgan fingerprint density at radius 3 is 3.08 bits per heavy atom. The zero-order chi connectivity index (χ0) is 8.97. The molecule has 0 saturated heterocycles. The van der Waals surface area contributed by atoms with Gasteiger partial charge < -0.3 is 15.4 Å². The molecule has 0 aliphatic rings. The predicted octanol–water partition coefficient (Wildman–Crippen LogP) is 0.0798. The average molecular weight is 170 g/mol. The van der Waals surface area contributed by atoms with Crippen molar-refractivity contribution in [2.45, 2.75) is 6.42 Å². The van der Waals surface area contributed by atoms with E-state index in [4.69, 9.17) is 0 Å². The van der Waals surface area contributed by atoms with Crippen molar-refractivity contribution in [2.24, 2.45) is 0 Å². The summed E-state index contributed by atoms with van der Waals surface area (Å²) in [6.45, 7) is 0.766. The molecule has 0 fully saturated rings. The van der Waals surface area contributed by atoms with Gasteiger partial charge in [-0.2, -0.15) is 0 Å². The van der Waals surface area contributed by atoms with Gasteiger partial charge in [-0.3, -0.25) is 0 Å². The molecule has 6 nitrogen and oxygen atoms in total. The van der Waals surface area contributed by atoms with E-state index < -0.39 is 4.92 Å². The first-order chi connectivity index (χ1) is 5.74. The molecule has 0 unspecified atom stereocenters. The van der Waals surface area contributed by atoms with E-state index in [1.165, 1.54) is 6.07 Å². The van der Waals surface area contributed by atoms with E-state index in [1.54, 1.807) is 0 Å². The highest BCUT2D eigenvalue weighted by molar-refractivity contribution is 5.20. The predicted molar refractivity (Wildman–Crippen MR) is 42.9 cm³/mol. The van der Waals surface area contributed by atoms with E-state index in [9.17, 15) is 10.1 Å². The van der Waals surface area contributed by atoms with Gasteiger partial charge in [-0.25, -0.2) is 0 Å². The minimum Gasteiger partial charge on any atom is -0.358 e. The Balaban J connectivity index is 2.58. The van der Waals surface area contributed by atoms with Gasteiger partial charge in [0.15, 0.2) is 0 Å². The second-order valence-corrected chi connectivity index (χ2v) is 2.36. The molecule has 1 heterocycles. The Morgan fingerprint density at radius 2 is 2.58 bits per heavy atom. The summed E-state index contributed by atoms with van der Waals surface area (Å²) in [5, 5.41) is 19.2. The van der Waals surface area contributed by atoms with Crippen molar-refractivity contribution in [3.05, 3.63) is 21.9 Å². The van der Waals surface area contributed by atoms with E-state index >= 15 is 0 Å². The van der Waals surface area contributed by atoms with E-state index in [-0.39, 0.29) is 5.82 Å². The second kappa shape index (κ2) is 3.82. The molecule has 6 heteroatoms. The minimum atomic E-state index is -0.490. The fourth-order valence-electron chi connectivity index (χ4n) is 0.826. The molecule has 1 aromatic heterocycles. The first-order valence-corrected chi connectivity index (χ1v) is 3.57. The fraction of sp³-hybridized carbons (Fsp3) is 0.500. The highest BCUT2D eigenvalue weighted by Crippen LogP contribution is 2.07. The van der Waals surface area contributed by atoms with Crippen molar-refractivity contribution in [1.82, 2.24) is 15.5 Å². The summed E-state index contributed by atoms with van der Waals surface area (Å²) in [5.41, 5.74) is 0.705. The highest BCUT2D eigenvalue weighted by Gasteiger charge is 2.08. The third-order valence-electron chi connectivity index (χ3n) is 1.45. The lowest BCUT2D eigenvalue weighted by molar-refractivity contribution is -0.389. The molecular weight excluding hydrogens is 160 g/mol. The SMILES string of the molecule is CNCCc1cc([N+](=O)[O-])[nH]n1. The van der Waals surface area contributed by atoms with E-state index in [2.05, 4.69) is 15.5 Å². The molecule has 0 spiro atoms. The van der Waals surface area contributed by atoms with Gasteiger partial charge in [0, 0.05) is 13.0 Å². The van der Waals surface area contributed by atoms with Crippen LogP contribution in [0.25, 0.3) is 0 Å². The second-order valence-electron chi connectivity index (χ2n) is 2.36. The number of aromatic amines is 1. The van der Waals surface area contributed by atoms with Gasteiger partial charge >= 0.3 is 5.82 Å². The van der Waals surface area contributed by atoms with Gasteiger partial charge in [0.1, 0.15) is 0 Å². The van der Waals surface area contributed by atoms with Crippen LogP contribution in [0.4, 0.5) is 5.82 Å². The molecule has 0 aliphatic heterocycles. The Morgan fingerprint density at radius 1 is 1.83 bits per heavy atom. The summed E-state index contributed by atoms with van der Waals surface area (Å²) in [6.07, 6.45) is 0.695. The Labute approximate surface area is 69.1 Å². The Bertz CT molecular complexity index is 270. The number of nitro groups is 1. The quantitative estimate of drug-likeness (QED) is 0.495. The number of hydrogen-bond acceptors (Lipinski definition) is 4. The molecule has 0 bridgehead atoms. The summed E-state index contributed by atoms with van der Waals surface area (Å²) in [4.78, 5) is 9.72. The number of hydrogen-bond donors (Lipinski definition) is 2. The molecular formula is C6H10N4O2. The molecule has 1 aromatic rings. The monoisotopic (exact) mass is 170 g/mol. The maximum absolute atomic E-state index is 10.2. The summed E-state index contributed by atoms with van der Waals surface area (Å²) >= 11 is 0. The molecule has 12 heavy (non-hydrogen) atoms.